The number of nitrogens with two attached hydrogens (primary N) is 1. The van der Waals surface area contributed by atoms with Gasteiger partial charge in [-0.2, -0.15) is 0 Å². The zero-order chi connectivity index (χ0) is 14.4. The van der Waals surface area contributed by atoms with Gasteiger partial charge in [0.15, 0.2) is 0 Å². The lowest BCUT2D eigenvalue weighted by Crippen LogP contribution is -2.38. The minimum absolute atomic E-state index is 0.0952. The van der Waals surface area contributed by atoms with Crippen molar-refractivity contribution in [2.24, 2.45) is 0 Å². The van der Waals surface area contributed by atoms with Crippen LogP contribution < -0.4 is 11.1 Å². The van der Waals surface area contributed by atoms with Gasteiger partial charge in [0.25, 0.3) is 0 Å². The van der Waals surface area contributed by atoms with Crippen LogP contribution in [0, 0.1) is 5.82 Å². The summed E-state index contributed by atoms with van der Waals surface area (Å²) in [7, 11) is 3.41. The first-order chi connectivity index (χ1) is 8.93. The number of hydrogen-bond acceptors (Lipinski definition) is 4. The topological polar surface area (TPSA) is 67.6 Å². The Kier molecular flexibility index (Phi) is 5.72. The lowest BCUT2D eigenvalue weighted by molar-refractivity contribution is -0.117. The summed E-state index contributed by atoms with van der Waals surface area (Å²) in [4.78, 5) is 13.6. The molecule has 0 spiro atoms. The average Bonchev–Trinajstić information content (AvgIpc) is 2.34. The molecule has 19 heavy (non-hydrogen) atoms. The van der Waals surface area contributed by atoms with Crippen molar-refractivity contribution in [3.05, 3.63) is 24.0 Å². The Labute approximate surface area is 112 Å². The zero-order valence-corrected chi connectivity index (χ0v) is 11.4. The van der Waals surface area contributed by atoms with Crippen LogP contribution in [0.15, 0.2) is 18.2 Å². The summed E-state index contributed by atoms with van der Waals surface area (Å²) in [6.45, 7) is 2.62. The number of benzene rings is 1. The van der Waals surface area contributed by atoms with Gasteiger partial charge in [0, 0.05) is 18.8 Å². The van der Waals surface area contributed by atoms with Crippen molar-refractivity contribution in [1.82, 2.24) is 4.90 Å². The predicted molar refractivity (Wildman–Crippen MR) is 73.4 cm³/mol. The summed E-state index contributed by atoms with van der Waals surface area (Å²) in [6.07, 6.45) is 0. The van der Waals surface area contributed by atoms with Crippen LogP contribution in [0.1, 0.15) is 6.92 Å². The van der Waals surface area contributed by atoms with Crippen molar-refractivity contribution in [2.45, 2.75) is 13.0 Å². The van der Waals surface area contributed by atoms with Crippen molar-refractivity contribution in [3.8, 4) is 0 Å². The normalized spacial score (nSPS) is 12.5. The Morgan fingerprint density at radius 3 is 2.89 bits per heavy atom. The van der Waals surface area contributed by atoms with Gasteiger partial charge in [-0.3, -0.25) is 9.69 Å². The Bertz CT molecular complexity index is 440. The van der Waals surface area contributed by atoms with E-state index in [-0.39, 0.29) is 24.2 Å². The fourth-order valence-electron chi connectivity index (χ4n) is 1.58. The highest BCUT2D eigenvalue weighted by atomic mass is 19.1. The van der Waals surface area contributed by atoms with Crippen LogP contribution in [-0.4, -0.2) is 44.2 Å². The van der Waals surface area contributed by atoms with E-state index in [1.54, 1.807) is 14.2 Å². The second-order valence-corrected chi connectivity index (χ2v) is 4.51. The van der Waals surface area contributed by atoms with E-state index in [4.69, 9.17) is 10.5 Å². The Balaban J connectivity index is 2.57. The van der Waals surface area contributed by atoms with Crippen LogP contribution in [-0.2, 0) is 9.53 Å². The molecular formula is C13H20FN3O2. The number of ether oxygens (including phenoxy) is 1. The maximum absolute atomic E-state index is 13.4. The molecule has 3 N–H and O–H groups in total. The molecule has 0 aromatic heterocycles. The second-order valence-electron chi connectivity index (χ2n) is 4.51. The number of rotatable bonds is 6. The van der Waals surface area contributed by atoms with E-state index in [0.717, 1.165) is 0 Å². The Morgan fingerprint density at radius 2 is 2.26 bits per heavy atom. The van der Waals surface area contributed by atoms with Gasteiger partial charge < -0.3 is 15.8 Å². The molecule has 1 aromatic carbocycles. The number of nitrogens with zero attached hydrogens (tertiary/aromatic N) is 1. The third-order valence-corrected chi connectivity index (χ3v) is 2.82. The first kappa shape index (κ1) is 15.4. The van der Waals surface area contributed by atoms with Crippen molar-refractivity contribution in [1.29, 1.82) is 0 Å². The van der Waals surface area contributed by atoms with Crippen molar-refractivity contribution >= 4 is 17.3 Å². The number of nitrogen functional groups attached to an aromatic ring is 1. The van der Waals surface area contributed by atoms with E-state index in [9.17, 15) is 9.18 Å². The smallest absolute Gasteiger partial charge is 0.238 e. The standard InChI is InChI=1S/C13H20FN3O2/c1-9(8-19-3)17(2)7-13(18)16-12-6-10(15)4-5-11(12)14/h4-6,9H,7-8,15H2,1-3H3,(H,16,18). The first-order valence-electron chi connectivity index (χ1n) is 5.98. The fraction of sp³-hybridized carbons (Fsp3) is 0.462. The molecule has 1 amide bonds. The summed E-state index contributed by atoms with van der Waals surface area (Å²) in [6, 6.07) is 4.16. The Hall–Kier alpha value is -1.66. The first-order valence-corrected chi connectivity index (χ1v) is 5.98. The van der Waals surface area contributed by atoms with Crippen LogP contribution in [0.25, 0.3) is 0 Å². The van der Waals surface area contributed by atoms with Gasteiger partial charge in [-0.25, -0.2) is 4.39 Å². The SMILES string of the molecule is COCC(C)N(C)CC(=O)Nc1cc(N)ccc1F. The zero-order valence-electron chi connectivity index (χ0n) is 11.4. The second kappa shape index (κ2) is 7.06. The van der Waals surface area contributed by atoms with Crippen molar-refractivity contribution in [3.63, 3.8) is 0 Å². The molecule has 1 unspecified atom stereocenters. The summed E-state index contributed by atoms with van der Waals surface area (Å²) in [5.74, 6) is -0.801. The number of nitrogens with one attached hydrogen (secondary N) is 1. The molecule has 0 saturated heterocycles. The monoisotopic (exact) mass is 269 g/mol. The van der Waals surface area contributed by atoms with Gasteiger partial charge in [0.1, 0.15) is 5.82 Å². The van der Waals surface area contributed by atoms with E-state index in [1.807, 2.05) is 11.8 Å². The van der Waals surface area contributed by atoms with Crippen LogP contribution in [0.4, 0.5) is 15.8 Å². The number of halogens is 1. The number of likely N-dealkylation sites (N-methyl/N-ethyl adjacent to an activating group) is 1. The lowest BCUT2D eigenvalue weighted by atomic mass is 10.2. The molecule has 1 aromatic rings. The number of hydrogen-bond donors (Lipinski definition) is 2. The lowest BCUT2D eigenvalue weighted by Gasteiger charge is -2.23. The molecule has 0 radical (unpaired) electrons. The van der Waals surface area contributed by atoms with Gasteiger partial charge in [-0.1, -0.05) is 0 Å². The molecule has 5 nitrogen and oxygen atoms in total. The number of methoxy groups -OCH3 is 1. The molecule has 0 heterocycles. The third-order valence-electron chi connectivity index (χ3n) is 2.82. The van der Waals surface area contributed by atoms with Crippen LogP contribution >= 0.6 is 0 Å². The molecule has 0 fully saturated rings. The van der Waals surface area contributed by atoms with Gasteiger partial charge in [0.05, 0.1) is 18.8 Å². The highest BCUT2D eigenvalue weighted by Gasteiger charge is 2.14. The highest BCUT2D eigenvalue weighted by Crippen LogP contribution is 2.17. The summed E-state index contributed by atoms with van der Waals surface area (Å²) < 4.78 is 18.5. The fourth-order valence-corrected chi connectivity index (χ4v) is 1.58. The maximum Gasteiger partial charge on any atom is 0.238 e. The van der Waals surface area contributed by atoms with Crippen LogP contribution in [0.2, 0.25) is 0 Å². The molecule has 0 saturated carbocycles. The summed E-state index contributed by atoms with van der Waals surface area (Å²) in [5.41, 5.74) is 6.04. The van der Waals surface area contributed by atoms with Crippen molar-refractivity contribution in [2.75, 3.05) is 38.4 Å². The van der Waals surface area contributed by atoms with E-state index in [0.29, 0.717) is 12.3 Å². The minimum atomic E-state index is -0.504. The van der Waals surface area contributed by atoms with Crippen LogP contribution in [0.3, 0.4) is 0 Å². The Morgan fingerprint density at radius 1 is 1.58 bits per heavy atom. The molecule has 0 bridgehead atoms. The van der Waals surface area contributed by atoms with E-state index in [1.165, 1.54) is 18.2 Å². The van der Waals surface area contributed by atoms with Crippen LogP contribution in [0.5, 0.6) is 0 Å². The summed E-state index contributed by atoms with van der Waals surface area (Å²) >= 11 is 0. The maximum atomic E-state index is 13.4. The average molecular weight is 269 g/mol. The van der Waals surface area contributed by atoms with E-state index in [2.05, 4.69) is 5.32 Å². The number of carbonyl (C=O) groups is 1. The minimum Gasteiger partial charge on any atom is -0.399 e. The molecular weight excluding hydrogens is 249 g/mol. The van der Waals surface area contributed by atoms with Gasteiger partial charge in [-0.05, 0) is 32.2 Å². The molecule has 0 aliphatic rings. The summed E-state index contributed by atoms with van der Waals surface area (Å²) in [5, 5.41) is 2.50. The van der Waals surface area contributed by atoms with E-state index >= 15 is 0 Å². The van der Waals surface area contributed by atoms with Crippen molar-refractivity contribution < 1.29 is 13.9 Å². The van der Waals surface area contributed by atoms with Gasteiger partial charge in [0.2, 0.25) is 5.91 Å². The quantitative estimate of drug-likeness (QED) is 0.764. The highest BCUT2D eigenvalue weighted by molar-refractivity contribution is 5.92. The largest absolute Gasteiger partial charge is 0.399 e. The number of amides is 1. The number of anilines is 2. The van der Waals surface area contributed by atoms with Gasteiger partial charge in [-0.15, -0.1) is 0 Å². The molecule has 0 aliphatic carbocycles. The van der Waals surface area contributed by atoms with Gasteiger partial charge >= 0.3 is 0 Å². The third kappa shape index (κ3) is 4.84. The molecule has 106 valence electrons. The van der Waals surface area contributed by atoms with E-state index < -0.39 is 5.82 Å². The number of carbonyl (C=O) groups excluding carboxylic acids is 1. The molecule has 6 heteroatoms. The molecule has 0 aliphatic heterocycles. The molecule has 1 atom stereocenters. The predicted octanol–water partition coefficient (Wildman–Crippen LogP) is 1.31. The molecule has 1 rings (SSSR count).